The van der Waals surface area contributed by atoms with E-state index < -0.39 is 36.1 Å². The number of hydrogen-bond acceptors (Lipinski definition) is 5. The maximum Gasteiger partial charge on any atom is 0.222 e. The summed E-state index contributed by atoms with van der Waals surface area (Å²) < 4.78 is 5.27. The van der Waals surface area contributed by atoms with Crippen molar-refractivity contribution >= 4 is 28.9 Å². The van der Waals surface area contributed by atoms with Gasteiger partial charge in [0.05, 0.1) is 31.2 Å². The SMILES string of the molecule is COc1ccc(N2C(=S)N(CC3CCCCC3)[C@H]3[C@@H](O)[C@H](O)C[C@@H](C(N)=O)[C@H]32)cc1. The highest BCUT2D eigenvalue weighted by Gasteiger charge is 2.57. The van der Waals surface area contributed by atoms with Crippen LogP contribution in [0.15, 0.2) is 24.3 Å². The fourth-order valence-electron chi connectivity index (χ4n) is 5.46. The van der Waals surface area contributed by atoms with Gasteiger partial charge in [-0.15, -0.1) is 0 Å². The maximum atomic E-state index is 12.4. The molecule has 1 aromatic rings. The Morgan fingerprint density at radius 2 is 1.83 bits per heavy atom. The Bertz CT molecular complexity index is 783. The van der Waals surface area contributed by atoms with Crippen molar-refractivity contribution in [1.82, 2.24) is 4.90 Å². The van der Waals surface area contributed by atoms with Crippen LogP contribution in [0.25, 0.3) is 0 Å². The Morgan fingerprint density at radius 1 is 1.17 bits per heavy atom. The normalized spacial score (nSPS) is 32.2. The van der Waals surface area contributed by atoms with Crippen molar-refractivity contribution in [2.75, 3.05) is 18.6 Å². The van der Waals surface area contributed by atoms with Crippen LogP contribution in [0.3, 0.4) is 0 Å². The molecule has 2 aliphatic carbocycles. The second-order valence-electron chi connectivity index (χ2n) is 8.79. The molecule has 1 saturated heterocycles. The standard InChI is InChI=1S/C22H31N3O4S/c1-29-15-9-7-14(8-10-15)25-18-16(21(23)28)11-17(26)20(27)19(18)24(22(25)30)12-13-5-3-2-4-6-13/h7-10,13,16-20,26-27H,2-6,11-12H2,1H3,(H2,23,28)/t16-,17-,18-,19-,20+/m1/s1. The lowest BCUT2D eigenvalue weighted by Gasteiger charge is -2.43. The summed E-state index contributed by atoms with van der Waals surface area (Å²) in [6.07, 6.45) is 4.08. The molecule has 4 rings (SSSR count). The zero-order valence-electron chi connectivity index (χ0n) is 17.3. The highest BCUT2D eigenvalue weighted by atomic mass is 32.1. The lowest BCUT2D eigenvalue weighted by atomic mass is 9.76. The fourth-order valence-corrected chi connectivity index (χ4v) is 5.88. The summed E-state index contributed by atoms with van der Waals surface area (Å²) in [4.78, 5) is 16.3. The van der Waals surface area contributed by atoms with Crippen molar-refractivity contribution in [2.45, 2.75) is 62.8 Å². The van der Waals surface area contributed by atoms with Gasteiger partial charge >= 0.3 is 0 Å². The fraction of sp³-hybridized carbons (Fsp3) is 0.636. The molecule has 1 aliphatic heterocycles. The third kappa shape index (κ3) is 3.76. The van der Waals surface area contributed by atoms with E-state index in [-0.39, 0.29) is 6.42 Å². The third-order valence-electron chi connectivity index (χ3n) is 7.01. The van der Waals surface area contributed by atoms with Crippen LogP contribution in [-0.2, 0) is 4.79 Å². The number of anilines is 1. The van der Waals surface area contributed by atoms with Gasteiger partial charge in [0.25, 0.3) is 0 Å². The summed E-state index contributed by atoms with van der Waals surface area (Å²) >= 11 is 5.89. The van der Waals surface area contributed by atoms with Gasteiger partial charge in [-0.25, -0.2) is 0 Å². The van der Waals surface area contributed by atoms with Crippen molar-refractivity contribution in [3.63, 3.8) is 0 Å². The molecule has 3 fully saturated rings. The van der Waals surface area contributed by atoms with Crippen LogP contribution in [0.2, 0.25) is 0 Å². The molecule has 164 valence electrons. The second kappa shape index (κ2) is 8.69. The van der Waals surface area contributed by atoms with Crippen molar-refractivity contribution in [3.05, 3.63) is 24.3 Å². The summed E-state index contributed by atoms with van der Waals surface area (Å²) in [5.74, 6) is 0.137. The predicted octanol–water partition coefficient (Wildman–Crippen LogP) is 1.65. The number of aliphatic hydroxyl groups excluding tert-OH is 2. The number of amides is 1. The number of carbonyl (C=O) groups excluding carboxylic acids is 1. The number of rotatable bonds is 5. The molecule has 0 bridgehead atoms. The number of carbonyl (C=O) groups is 1. The zero-order chi connectivity index (χ0) is 21.4. The van der Waals surface area contributed by atoms with E-state index in [0.717, 1.165) is 30.8 Å². The van der Waals surface area contributed by atoms with Crippen LogP contribution in [0.1, 0.15) is 38.5 Å². The van der Waals surface area contributed by atoms with E-state index in [1.54, 1.807) is 7.11 Å². The number of nitrogens with two attached hydrogens (primary N) is 1. The summed E-state index contributed by atoms with van der Waals surface area (Å²) in [7, 11) is 1.61. The van der Waals surface area contributed by atoms with Crippen LogP contribution in [0, 0.1) is 11.8 Å². The van der Waals surface area contributed by atoms with Gasteiger partial charge < -0.3 is 30.5 Å². The van der Waals surface area contributed by atoms with Crippen LogP contribution >= 0.6 is 12.2 Å². The van der Waals surface area contributed by atoms with E-state index in [9.17, 15) is 15.0 Å². The van der Waals surface area contributed by atoms with Gasteiger partial charge in [0, 0.05) is 12.2 Å². The lowest BCUT2D eigenvalue weighted by molar-refractivity contribution is -0.129. The number of ether oxygens (including phenoxy) is 1. The van der Waals surface area contributed by atoms with E-state index in [0.29, 0.717) is 11.0 Å². The number of aliphatic hydroxyl groups is 2. The molecule has 0 aromatic heterocycles. The van der Waals surface area contributed by atoms with Gasteiger partial charge in [0.15, 0.2) is 5.11 Å². The Balaban J connectivity index is 1.72. The number of fused-ring (bicyclic) bond motifs is 1. The molecule has 2 saturated carbocycles. The van der Waals surface area contributed by atoms with E-state index in [1.165, 1.54) is 19.3 Å². The molecule has 8 heteroatoms. The summed E-state index contributed by atoms with van der Waals surface area (Å²) in [6.45, 7) is 0.724. The Hall–Kier alpha value is -1.90. The molecular formula is C22H31N3O4S. The molecule has 4 N–H and O–H groups in total. The molecule has 7 nitrogen and oxygen atoms in total. The molecule has 0 spiro atoms. The Morgan fingerprint density at radius 3 is 2.43 bits per heavy atom. The smallest absolute Gasteiger partial charge is 0.222 e. The molecule has 5 atom stereocenters. The number of thiocarbonyl (C=S) groups is 1. The molecule has 3 aliphatic rings. The van der Waals surface area contributed by atoms with Crippen molar-refractivity contribution in [3.8, 4) is 5.75 Å². The highest BCUT2D eigenvalue weighted by Crippen LogP contribution is 2.42. The monoisotopic (exact) mass is 433 g/mol. The van der Waals surface area contributed by atoms with E-state index in [2.05, 4.69) is 0 Å². The minimum Gasteiger partial charge on any atom is -0.497 e. The molecule has 0 radical (unpaired) electrons. The van der Waals surface area contributed by atoms with Crippen LogP contribution in [0.5, 0.6) is 5.75 Å². The highest BCUT2D eigenvalue weighted by molar-refractivity contribution is 7.80. The van der Waals surface area contributed by atoms with Crippen molar-refractivity contribution < 1.29 is 19.7 Å². The minimum atomic E-state index is -1.00. The second-order valence-corrected chi connectivity index (χ2v) is 9.16. The topological polar surface area (TPSA) is 99.3 Å². The average Bonchev–Trinajstić information content (AvgIpc) is 3.03. The first kappa shape index (κ1) is 21.3. The first-order valence-electron chi connectivity index (χ1n) is 10.8. The third-order valence-corrected chi connectivity index (χ3v) is 7.44. The largest absolute Gasteiger partial charge is 0.497 e. The van der Waals surface area contributed by atoms with Crippen LogP contribution in [0.4, 0.5) is 5.69 Å². The molecule has 1 amide bonds. The zero-order valence-corrected chi connectivity index (χ0v) is 18.1. The number of primary amides is 1. The average molecular weight is 434 g/mol. The summed E-state index contributed by atoms with van der Waals surface area (Å²) in [6, 6.07) is 6.63. The Kier molecular flexibility index (Phi) is 6.18. The number of nitrogens with zero attached hydrogens (tertiary/aromatic N) is 2. The molecule has 1 aromatic carbocycles. The minimum absolute atomic E-state index is 0.129. The van der Waals surface area contributed by atoms with Gasteiger partial charge in [-0.3, -0.25) is 4.79 Å². The van der Waals surface area contributed by atoms with E-state index in [4.69, 9.17) is 22.7 Å². The van der Waals surface area contributed by atoms with Crippen molar-refractivity contribution in [1.29, 1.82) is 0 Å². The molecular weight excluding hydrogens is 402 g/mol. The van der Waals surface area contributed by atoms with Gasteiger partial charge in [-0.2, -0.15) is 0 Å². The molecule has 1 heterocycles. The van der Waals surface area contributed by atoms with Gasteiger partial charge in [-0.05, 0) is 61.7 Å². The van der Waals surface area contributed by atoms with E-state index >= 15 is 0 Å². The number of methoxy groups -OCH3 is 1. The van der Waals surface area contributed by atoms with E-state index in [1.807, 2.05) is 34.1 Å². The number of hydrogen-bond donors (Lipinski definition) is 3. The predicted molar refractivity (Wildman–Crippen MR) is 118 cm³/mol. The quantitative estimate of drug-likeness (QED) is 0.607. The summed E-state index contributed by atoms with van der Waals surface area (Å²) in [5, 5.41) is 22.1. The first-order chi connectivity index (χ1) is 14.4. The Labute approximate surface area is 182 Å². The summed E-state index contributed by atoms with van der Waals surface area (Å²) in [5.41, 5.74) is 6.58. The van der Waals surface area contributed by atoms with Crippen LogP contribution < -0.4 is 15.4 Å². The van der Waals surface area contributed by atoms with Gasteiger partial charge in [0.2, 0.25) is 5.91 Å². The molecule has 30 heavy (non-hydrogen) atoms. The number of benzene rings is 1. The van der Waals surface area contributed by atoms with Gasteiger partial charge in [-0.1, -0.05) is 19.3 Å². The first-order valence-corrected chi connectivity index (χ1v) is 11.2. The van der Waals surface area contributed by atoms with Gasteiger partial charge in [0.1, 0.15) is 11.9 Å². The maximum absolute atomic E-state index is 12.4. The van der Waals surface area contributed by atoms with Crippen LogP contribution in [-0.4, -0.2) is 64.1 Å². The molecule has 0 unspecified atom stereocenters. The van der Waals surface area contributed by atoms with Crippen molar-refractivity contribution in [2.24, 2.45) is 17.6 Å². The lowest BCUT2D eigenvalue weighted by Crippen LogP contribution is -2.61.